The molecule has 0 radical (unpaired) electrons. The van der Waals surface area contributed by atoms with Crippen molar-refractivity contribution in [1.82, 2.24) is 4.90 Å². The predicted molar refractivity (Wildman–Crippen MR) is 142 cm³/mol. The Balaban J connectivity index is 1.54. The quantitative estimate of drug-likeness (QED) is 0.249. The summed E-state index contributed by atoms with van der Waals surface area (Å²) >= 11 is 6.60. The zero-order chi connectivity index (χ0) is 26.6. The lowest BCUT2D eigenvalue weighted by molar-refractivity contribution is -0.123. The van der Waals surface area contributed by atoms with Crippen molar-refractivity contribution in [2.75, 3.05) is 20.3 Å². The number of rotatable bonds is 9. The van der Waals surface area contributed by atoms with E-state index in [1.54, 1.807) is 12.1 Å². The van der Waals surface area contributed by atoms with Crippen molar-refractivity contribution in [1.29, 1.82) is 0 Å². The third-order valence-electron chi connectivity index (χ3n) is 5.29. The number of hydrogen-bond acceptors (Lipinski definition) is 8. The number of hydrogen-bond donors (Lipinski definition) is 0. The Morgan fingerprint density at radius 1 is 1.00 bits per heavy atom. The number of ether oxygens (including phenoxy) is 2. The molecule has 3 aromatic rings. The van der Waals surface area contributed by atoms with Gasteiger partial charge in [0.05, 0.1) is 18.6 Å². The smallest absolute Gasteiger partial charge is 0.339 e. The molecule has 3 aromatic carbocycles. The molecule has 1 fully saturated rings. The van der Waals surface area contributed by atoms with Gasteiger partial charge in [0.1, 0.15) is 17.3 Å². The number of methoxy groups -OCH3 is 1. The zero-order valence-corrected chi connectivity index (χ0v) is 22.2. The summed E-state index contributed by atoms with van der Waals surface area (Å²) in [4.78, 5) is 26.6. The van der Waals surface area contributed by atoms with Crippen LogP contribution in [0.3, 0.4) is 0 Å². The first-order valence-corrected chi connectivity index (χ1v) is 13.6. The number of imide groups is 1. The number of thioether (sulfide) groups is 1. The standard InChI is InChI=1S/C26H22ClNO7S2/c1-17-6-10-20(11-7-17)34-15-14-28-25(29)23(36-26(28)30)16-18-4-3-5-22(33-2)24(18)35-37(31,32)21-12-8-19(27)9-13-21/h3-13,16H,14-15H2,1-2H3/b23-16-. The van der Waals surface area contributed by atoms with Gasteiger partial charge in [-0.1, -0.05) is 41.4 Å². The van der Waals surface area contributed by atoms with Crippen LogP contribution in [-0.2, 0) is 14.9 Å². The molecule has 0 N–H and O–H groups in total. The fourth-order valence-electron chi connectivity index (χ4n) is 3.38. The van der Waals surface area contributed by atoms with E-state index < -0.39 is 21.3 Å². The summed E-state index contributed by atoms with van der Waals surface area (Å²) in [5, 5.41) is -0.0835. The molecular weight excluding hydrogens is 538 g/mol. The Bertz CT molecular complexity index is 1450. The zero-order valence-electron chi connectivity index (χ0n) is 19.8. The lowest BCUT2D eigenvalue weighted by atomic mass is 10.1. The first-order chi connectivity index (χ1) is 17.7. The number of carbonyl (C=O) groups is 2. The van der Waals surface area contributed by atoms with Crippen molar-refractivity contribution >= 4 is 50.7 Å². The van der Waals surface area contributed by atoms with Crippen LogP contribution in [0.15, 0.2) is 76.5 Å². The van der Waals surface area contributed by atoms with Gasteiger partial charge in [-0.05, 0) is 67.2 Å². The molecule has 8 nitrogen and oxygen atoms in total. The van der Waals surface area contributed by atoms with Gasteiger partial charge < -0.3 is 13.7 Å². The Morgan fingerprint density at radius 3 is 2.38 bits per heavy atom. The van der Waals surface area contributed by atoms with Crippen molar-refractivity contribution < 1.29 is 31.7 Å². The van der Waals surface area contributed by atoms with Gasteiger partial charge in [-0.3, -0.25) is 14.5 Å². The number of halogens is 1. The summed E-state index contributed by atoms with van der Waals surface area (Å²) in [7, 11) is -2.88. The van der Waals surface area contributed by atoms with E-state index >= 15 is 0 Å². The fourth-order valence-corrected chi connectivity index (χ4v) is 5.32. The molecule has 0 atom stereocenters. The summed E-state index contributed by atoms with van der Waals surface area (Å²) in [5.74, 6) is 0.136. The van der Waals surface area contributed by atoms with E-state index in [2.05, 4.69) is 0 Å². The van der Waals surface area contributed by atoms with Gasteiger partial charge in [0.15, 0.2) is 11.5 Å². The molecule has 0 aromatic heterocycles. The molecule has 2 amide bonds. The molecule has 37 heavy (non-hydrogen) atoms. The largest absolute Gasteiger partial charge is 0.493 e. The maximum absolute atomic E-state index is 13.0. The Hall–Kier alpha value is -3.47. The first-order valence-electron chi connectivity index (χ1n) is 11.0. The average molecular weight is 560 g/mol. The monoisotopic (exact) mass is 559 g/mol. The maximum Gasteiger partial charge on any atom is 0.339 e. The highest BCUT2D eigenvalue weighted by Crippen LogP contribution is 2.38. The number of nitrogens with zero attached hydrogens (tertiary/aromatic N) is 1. The van der Waals surface area contributed by atoms with E-state index in [1.807, 2.05) is 31.2 Å². The molecule has 11 heteroatoms. The second-order valence-corrected chi connectivity index (χ2v) is 10.8. The fraction of sp³-hybridized carbons (Fsp3) is 0.154. The van der Waals surface area contributed by atoms with Crippen molar-refractivity contribution in [2.45, 2.75) is 11.8 Å². The highest BCUT2D eigenvalue weighted by molar-refractivity contribution is 8.18. The third-order valence-corrected chi connectivity index (χ3v) is 7.68. The molecule has 4 rings (SSSR count). The molecule has 0 spiro atoms. The summed E-state index contributed by atoms with van der Waals surface area (Å²) < 4.78 is 42.2. The van der Waals surface area contributed by atoms with Gasteiger partial charge in [0.25, 0.3) is 11.1 Å². The second-order valence-electron chi connectivity index (χ2n) is 7.86. The van der Waals surface area contributed by atoms with Gasteiger partial charge in [-0.15, -0.1) is 0 Å². The molecule has 0 saturated carbocycles. The van der Waals surface area contributed by atoms with Gasteiger partial charge in [0, 0.05) is 10.6 Å². The first kappa shape index (κ1) is 26.6. The van der Waals surface area contributed by atoms with E-state index in [9.17, 15) is 18.0 Å². The van der Waals surface area contributed by atoms with Gasteiger partial charge in [-0.2, -0.15) is 8.42 Å². The lowest BCUT2D eigenvalue weighted by Crippen LogP contribution is -2.32. The van der Waals surface area contributed by atoms with Crippen LogP contribution in [-0.4, -0.2) is 44.7 Å². The van der Waals surface area contributed by atoms with E-state index in [-0.39, 0.29) is 40.0 Å². The minimum absolute atomic E-state index is 0.0578. The predicted octanol–water partition coefficient (Wildman–Crippen LogP) is 5.54. The van der Waals surface area contributed by atoms with E-state index in [0.717, 1.165) is 22.2 Å². The lowest BCUT2D eigenvalue weighted by Gasteiger charge is -2.14. The highest BCUT2D eigenvalue weighted by atomic mass is 35.5. The van der Waals surface area contributed by atoms with E-state index in [1.165, 1.54) is 43.5 Å². The van der Waals surface area contributed by atoms with Crippen LogP contribution in [0.25, 0.3) is 6.08 Å². The molecule has 1 saturated heterocycles. The number of benzene rings is 3. The SMILES string of the molecule is COc1cccc(/C=C2\SC(=O)N(CCOc3ccc(C)cc3)C2=O)c1OS(=O)(=O)c1ccc(Cl)cc1. The molecule has 0 aliphatic carbocycles. The third kappa shape index (κ3) is 6.27. The van der Waals surface area contributed by atoms with Crippen LogP contribution in [0, 0.1) is 6.92 Å². The van der Waals surface area contributed by atoms with Crippen LogP contribution in [0.2, 0.25) is 5.02 Å². The molecule has 1 aliphatic heterocycles. The minimum Gasteiger partial charge on any atom is -0.493 e. The van der Waals surface area contributed by atoms with Crippen molar-refractivity contribution in [2.24, 2.45) is 0 Å². The van der Waals surface area contributed by atoms with Crippen LogP contribution in [0.4, 0.5) is 4.79 Å². The maximum atomic E-state index is 13.0. The molecule has 1 aliphatic rings. The molecule has 0 unspecified atom stereocenters. The number of aryl methyl sites for hydroxylation is 1. The average Bonchev–Trinajstić information content (AvgIpc) is 3.13. The van der Waals surface area contributed by atoms with Crippen LogP contribution < -0.4 is 13.7 Å². The number of para-hydroxylation sites is 1. The Morgan fingerprint density at radius 2 is 1.70 bits per heavy atom. The van der Waals surface area contributed by atoms with Crippen molar-refractivity contribution in [3.63, 3.8) is 0 Å². The molecular formula is C26H22ClNO7S2. The summed E-state index contributed by atoms with van der Waals surface area (Å²) in [6, 6.07) is 17.6. The van der Waals surface area contributed by atoms with Crippen molar-refractivity contribution in [3.8, 4) is 17.2 Å². The molecule has 192 valence electrons. The summed E-state index contributed by atoms with van der Waals surface area (Å²) in [6.45, 7) is 2.14. The van der Waals surface area contributed by atoms with E-state index in [0.29, 0.717) is 10.8 Å². The normalized spacial score (nSPS) is 14.8. The van der Waals surface area contributed by atoms with Crippen LogP contribution in [0.5, 0.6) is 17.2 Å². The van der Waals surface area contributed by atoms with E-state index in [4.69, 9.17) is 25.3 Å². The Kier molecular flexibility index (Phi) is 8.11. The minimum atomic E-state index is -4.25. The van der Waals surface area contributed by atoms with Crippen molar-refractivity contribution in [3.05, 3.63) is 87.8 Å². The highest BCUT2D eigenvalue weighted by Gasteiger charge is 2.35. The van der Waals surface area contributed by atoms with Gasteiger partial charge in [0.2, 0.25) is 0 Å². The molecule has 1 heterocycles. The summed E-state index contributed by atoms with van der Waals surface area (Å²) in [6.07, 6.45) is 1.40. The topological polar surface area (TPSA) is 99.2 Å². The number of carbonyl (C=O) groups excluding carboxylic acids is 2. The summed E-state index contributed by atoms with van der Waals surface area (Å²) in [5.41, 5.74) is 1.34. The van der Waals surface area contributed by atoms with Crippen LogP contribution >= 0.6 is 23.4 Å². The van der Waals surface area contributed by atoms with Gasteiger partial charge >= 0.3 is 10.1 Å². The Labute approximate surface area is 223 Å². The second kappa shape index (κ2) is 11.3. The molecule has 0 bridgehead atoms. The number of amides is 2. The van der Waals surface area contributed by atoms with Crippen LogP contribution in [0.1, 0.15) is 11.1 Å². The van der Waals surface area contributed by atoms with Gasteiger partial charge in [-0.25, -0.2) is 0 Å².